The maximum atomic E-state index is 14.0. The zero-order chi connectivity index (χ0) is 31.1. The van der Waals surface area contributed by atoms with E-state index < -0.39 is 51.2 Å². The molecule has 0 aliphatic rings. The largest absolute Gasteiger partial charge is 0.417 e. The summed E-state index contributed by atoms with van der Waals surface area (Å²) in [5.41, 5.74) is -0.223. The van der Waals surface area contributed by atoms with Crippen LogP contribution in [-0.2, 0) is 38.8 Å². The third kappa shape index (κ3) is 9.20. The summed E-state index contributed by atoms with van der Waals surface area (Å²) in [5, 5.41) is 2.20. The second kappa shape index (κ2) is 14.4. The average molecular weight is 689 g/mol. The van der Waals surface area contributed by atoms with Crippen molar-refractivity contribution in [3.05, 3.63) is 99.0 Å². The van der Waals surface area contributed by atoms with E-state index in [1.165, 1.54) is 4.90 Å². The first kappa shape index (κ1) is 33.4. The van der Waals surface area contributed by atoms with Gasteiger partial charge in [0.25, 0.3) is 0 Å². The van der Waals surface area contributed by atoms with E-state index in [1.54, 1.807) is 48.5 Å². The molecule has 0 heterocycles. The topological polar surface area (TPSA) is 86.8 Å². The van der Waals surface area contributed by atoms with Gasteiger partial charge in [-0.1, -0.05) is 76.9 Å². The highest BCUT2D eigenvalue weighted by molar-refractivity contribution is 9.10. The van der Waals surface area contributed by atoms with Crippen LogP contribution < -0.4 is 9.62 Å². The zero-order valence-electron chi connectivity index (χ0n) is 22.9. The van der Waals surface area contributed by atoms with Gasteiger partial charge < -0.3 is 10.2 Å². The fourth-order valence-electron chi connectivity index (χ4n) is 4.25. The molecule has 0 aliphatic heterocycles. The number of carbonyl (C=O) groups is 2. The zero-order valence-corrected chi connectivity index (χ0v) is 26.0. The SMILES string of the molecule is CCCNC(=O)[C@H](Cc1ccccc1)N(Cc1cccc(Br)c1)C(=O)CN(c1ccc(Cl)c(C(F)(F)F)c1)S(C)(=O)=O. The van der Waals surface area contributed by atoms with Crippen LogP contribution in [0.4, 0.5) is 18.9 Å². The van der Waals surface area contributed by atoms with Crippen LogP contribution in [0.25, 0.3) is 0 Å². The van der Waals surface area contributed by atoms with Gasteiger partial charge in [0.2, 0.25) is 21.8 Å². The van der Waals surface area contributed by atoms with Gasteiger partial charge in [-0.3, -0.25) is 13.9 Å². The van der Waals surface area contributed by atoms with Crippen molar-refractivity contribution in [3.63, 3.8) is 0 Å². The third-order valence-corrected chi connectivity index (χ3v) is 8.25. The van der Waals surface area contributed by atoms with Crippen molar-refractivity contribution in [3.8, 4) is 0 Å². The lowest BCUT2D eigenvalue weighted by molar-refractivity contribution is -0.140. The smallest absolute Gasteiger partial charge is 0.354 e. The molecule has 0 fully saturated rings. The summed E-state index contributed by atoms with van der Waals surface area (Å²) >= 11 is 9.14. The quantitative estimate of drug-likeness (QED) is 0.251. The van der Waals surface area contributed by atoms with Gasteiger partial charge in [-0.2, -0.15) is 13.2 Å². The lowest BCUT2D eigenvalue weighted by Gasteiger charge is -2.33. The Morgan fingerprint density at radius 1 is 1.00 bits per heavy atom. The number of sulfonamides is 1. The Morgan fingerprint density at radius 2 is 1.67 bits per heavy atom. The maximum absolute atomic E-state index is 14.0. The van der Waals surface area contributed by atoms with Gasteiger partial charge in [0.15, 0.2) is 0 Å². The number of carbonyl (C=O) groups excluding carboxylic acids is 2. The number of amides is 2. The number of benzene rings is 3. The molecule has 0 aromatic heterocycles. The van der Waals surface area contributed by atoms with Crippen LogP contribution in [0, 0.1) is 0 Å². The number of hydrogen-bond acceptors (Lipinski definition) is 4. The minimum absolute atomic E-state index is 0.0681. The van der Waals surface area contributed by atoms with Gasteiger partial charge in [0.05, 0.1) is 22.5 Å². The summed E-state index contributed by atoms with van der Waals surface area (Å²) < 4.78 is 67.7. The van der Waals surface area contributed by atoms with Crippen LogP contribution >= 0.6 is 27.5 Å². The van der Waals surface area contributed by atoms with Gasteiger partial charge in [-0.25, -0.2) is 8.42 Å². The van der Waals surface area contributed by atoms with Crippen LogP contribution in [0.5, 0.6) is 0 Å². The Labute approximate surface area is 256 Å². The molecule has 0 spiro atoms. The van der Waals surface area contributed by atoms with E-state index in [-0.39, 0.29) is 18.7 Å². The predicted molar refractivity (Wildman–Crippen MR) is 161 cm³/mol. The molecule has 0 saturated heterocycles. The first-order valence-corrected chi connectivity index (χ1v) is 15.9. The lowest BCUT2D eigenvalue weighted by Crippen LogP contribution is -2.53. The van der Waals surface area contributed by atoms with Crippen molar-refractivity contribution < 1.29 is 31.2 Å². The summed E-state index contributed by atoms with van der Waals surface area (Å²) in [7, 11) is -4.25. The molecule has 3 rings (SSSR count). The number of anilines is 1. The Kier molecular flexibility index (Phi) is 11.4. The van der Waals surface area contributed by atoms with E-state index in [1.807, 2.05) is 13.0 Å². The van der Waals surface area contributed by atoms with Crippen molar-refractivity contribution in [2.45, 2.75) is 38.5 Å². The second-order valence-electron chi connectivity index (χ2n) is 9.58. The molecular formula is C29H30BrClF3N3O4S. The van der Waals surface area contributed by atoms with Crippen molar-refractivity contribution in [2.24, 2.45) is 0 Å². The number of nitrogens with one attached hydrogen (secondary N) is 1. The molecule has 0 aliphatic carbocycles. The first-order chi connectivity index (χ1) is 19.7. The van der Waals surface area contributed by atoms with E-state index in [0.29, 0.717) is 28.9 Å². The summed E-state index contributed by atoms with van der Waals surface area (Å²) in [6, 6.07) is 17.6. The van der Waals surface area contributed by atoms with E-state index >= 15 is 0 Å². The molecule has 0 bridgehead atoms. The molecule has 226 valence electrons. The molecule has 1 atom stereocenters. The lowest BCUT2D eigenvalue weighted by atomic mass is 10.0. The Morgan fingerprint density at radius 3 is 2.26 bits per heavy atom. The standard InChI is InChI=1S/C29H30BrClF3N3O4S/c1-3-14-35-28(39)26(16-20-8-5-4-6-9-20)36(18-21-10-7-11-22(30)15-21)27(38)19-37(42(2,40)41)23-12-13-25(31)24(17-23)29(32,33)34/h4-13,15,17,26H,3,14,16,18-19H2,1-2H3,(H,35,39)/t26-/m0/s1. The molecule has 0 unspecified atom stereocenters. The Balaban J connectivity index is 2.09. The number of halogens is 5. The number of hydrogen-bond donors (Lipinski definition) is 1. The first-order valence-electron chi connectivity index (χ1n) is 12.9. The molecule has 0 radical (unpaired) electrons. The fourth-order valence-corrected chi connectivity index (χ4v) is 5.76. The highest BCUT2D eigenvalue weighted by atomic mass is 79.9. The number of rotatable bonds is 12. The molecule has 0 saturated carbocycles. The Hall–Kier alpha value is -3.09. The second-order valence-corrected chi connectivity index (χ2v) is 12.8. The van der Waals surface area contributed by atoms with E-state index in [9.17, 15) is 31.2 Å². The summed E-state index contributed by atoms with van der Waals surface area (Å²) in [4.78, 5) is 28.7. The van der Waals surface area contributed by atoms with Crippen molar-refractivity contribution in [1.29, 1.82) is 0 Å². The molecule has 42 heavy (non-hydrogen) atoms. The number of alkyl halides is 3. The van der Waals surface area contributed by atoms with Gasteiger partial charge in [0, 0.05) is 24.0 Å². The minimum atomic E-state index is -4.86. The van der Waals surface area contributed by atoms with Crippen LogP contribution in [-0.4, -0.2) is 50.5 Å². The van der Waals surface area contributed by atoms with Crippen LogP contribution in [0.3, 0.4) is 0 Å². The summed E-state index contributed by atoms with van der Waals surface area (Å²) in [5.74, 6) is -1.22. The molecule has 13 heteroatoms. The van der Waals surface area contributed by atoms with Crippen molar-refractivity contribution in [1.82, 2.24) is 10.2 Å². The monoisotopic (exact) mass is 687 g/mol. The molecule has 3 aromatic carbocycles. The van der Waals surface area contributed by atoms with E-state index in [2.05, 4.69) is 21.2 Å². The van der Waals surface area contributed by atoms with Gasteiger partial charge in [0.1, 0.15) is 12.6 Å². The van der Waals surface area contributed by atoms with Gasteiger partial charge in [-0.05, 0) is 47.9 Å². The van der Waals surface area contributed by atoms with Crippen molar-refractivity contribution >= 4 is 55.1 Å². The summed E-state index contributed by atoms with van der Waals surface area (Å²) in [6.45, 7) is 1.31. The average Bonchev–Trinajstić information content (AvgIpc) is 2.92. The highest BCUT2D eigenvalue weighted by Gasteiger charge is 2.36. The highest BCUT2D eigenvalue weighted by Crippen LogP contribution is 2.37. The van der Waals surface area contributed by atoms with Gasteiger partial charge in [-0.15, -0.1) is 0 Å². The normalized spacial score (nSPS) is 12.5. The van der Waals surface area contributed by atoms with Gasteiger partial charge >= 0.3 is 6.18 Å². The molecule has 3 aromatic rings. The maximum Gasteiger partial charge on any atom is 0.417 e. The van der Waals surface area contributed by atoms with E-state index in [0.717, 1.165) is 28.4 Å². The van der Waals surface area contributed by atoms with Crippen LogP contribution in [0.15, 0.2) is 77.3 Å². The molecule has 1 N–H and O–H groups in total. The third-order valence-electron chi connectivity index (χ3n) is 6.28. The number of nitrogens with zero attached hydrogens (tertiary/aromatic N) is 2. The Bertz CT molecular complexity index is 1510. The molecule has 2 amide bonds. The van der Waals surface area contributed by atoms with Crippen LogP contribution in [0.1, 0.15) is 30.0 Å². The summed E-state index contributed by atoms with van der Waals surface area (Å²) in [6.07, 6.45) is -3.31. The minimum Gasteiger partial charge on any atom is -0.354 e. The molecular weight excluding hydrogens is 659 g/mol. The fraction of sp³-hybridized carbons (Fsp3) is 0.310. The van der Waals surface area contributed by atoms with Crippen LogP contribution in [0.2, 0.25) is 5.02 Å². The molecule has 7 nitrogen and oxygen atoms in total. The van der Waals surface area contributed by atoms with Crippen molar-refractivity contribution in [2.75, 3.05) is 23.7 Å². The van der Waals surface area contributed by atoms with E-state index in [4.69, 9.17) is 11.6 Å². The predicted octanol–water partition coefficient (Wildman–Crippen LogP) is 6.05.